The van der Waals surface area contributed by atoms with Gasteiger partial charge in [0.2, 0.25) is 0 Å². The fraction of sp³-hybridized carbons (Fsp3) is 0.733. The minimum absolute atomic E-state index is 0.272. The van der Waals surface area contributed by atoms with E-state index in [2.05, 4.69) is 51.1 Å². The van der Waals surface area contributed by atoms with Gasteiger partial charge in [-0.15, -0.1) is 0 Å². The van der Waals surface area contributed by atoms with Crippen molar-refractivity contribution in [3.05, 3.63) is 23.7 Å². The molecule has 3 nitrogen and oxygen atoms in total. The summed E-state index contributed by atoms with van der Waals surface area (Å²) in [5, 5.41) is 3.56. The van der Waals surface area contributed by atoms with Crippen molar-refractivity contribution < 1.29 is 4.42 Å². The first kappa shape index (κ1) is 15.3. The van der Waals surface area contributed by atoms with Crippen LogP contribution < -0.4 is 5.32 Å². The normalized spacial score (nSPS) is 15.3. The van der Waals surface area contributed by atoms with Crippen LogP contribution in [0.15, 0.2) is 16.5 Å². The lowest BCUT2D eigenvalue weighted by atomic mass is 10.0. The SMILES string of the molecule is Cc1ccc(C(C)NCC(CC(C)C)N(C)C)o1. The molecule has 3 heteroatoms. The van der Waals surface area contributed by atoms with Crippen LogP contribution >= 0.6 is 0 Å². The number of nitrogens with zero attached hydrogens (tertiary/aromatic N) is 1. The molecule has 0 fully saturated rings. The van der Waals surface area contributed by atoms with Crippen LogP contribution in [-0.2, 0) is 0 Å². The van der Waals surface area contributed by atoms with E-state index >= 15 is 0 Å². The Morgan fingerprint density at radius 2 is 1.89 bits per heavy atom. The number of nitrogens with one attached hydrogen (secondary N) is 1. The molecule has 0 aromatic carbocycles. The topological polar surface area (TPSA) is 28.4 Å². The first-order valence-electron chi connectivity index (χ1n) is 6.86. The smallest absolute Gasteiger partial charge is 0.120 e. The molecule has 0 saturated heterocycles. The molecule has 0 saturated carbocycles. The molecule has 1 N–H and O–H groups in total. The van der Waals surface area contributed by atoms with Crippen LogP contribution in [0.3, 0.4) is 0 Å². The van der Waals surface area contributed by atoms with Crippen LogP contribution in [0.5, 0.6) is 0 Å². The maximum Gasteiger partial charge on any atom is 0.120 e. The van der Waals surface area contributed by atoms with E-state index in [0.29, 0.717) is 6.04 Å². The fourth-order valence-corrected chi connectivity index (χ4v) is 2.12. The van der Waals surface area contributed by atoms with E-state index in [0.717, 1.165) is 24.0 Å². The number of furan rings is 1. The molecular weight excluding hydrogens is 224 g/mol. The predicted octanol–water partition coefficient (Wildman–Crippen LogP) is 3.21. The van der Waals surface area contributed by atoms with Crippen LogP contribution in [0.2, 0.25) is 0 Å². The lowest BCUT2D eigenvalue weighted by molar-refractivity contribution is 0.238. The molecule has 18 heavy (non-hydrogen) atoms. The van der Waals surface area contributed by atoms with E-state index < -0.39 is 0 Å². The second kappa shape index (κ2) is 6.95. The maximum absolute atomic E-state index is 5.64. The van der Waals surface area contributed by atoms with E-state index in [1.165, 1.54) is 6.42 Å². The molecule has 1 aromatic rings. The zero-order valence-electron chi connectivity index (χ0n) is 12.7. The summed E-state index contributed by atoms with van der Waals surface area (Å²) < 4.78 is 5.64. The minimum Gasteiger partial charge on any atom is -0.465 e. The minimum atomic E-state index is 0.272. The first-order valence-corrected chi connectivity index (χ1v) is 6.86. The van der Waals surface area contributed by atoms with Crippen molar-refractivity contribution >= 4 is 0 Å². The zero-order valence-corrected chi connectivity index (χ0v) is 12.7. The molecule has 1 aromatic heterocycles. The van der Waals surface area contributed by atoms with Crippen LogP contribution in [0.4, 0.5) is 0 Å². The Balaban J connectivity index is 2.46. The van der Waals surface area contributed by atoms with Crippen LogP contribution in [0, 0.1) is 12.8 Å². The lowest BCUT2D eigenvalue weighted by Gasteiger charge is -2.27. The third-order valence-corrected chi connectivity index (χ3v) is 3.32. The predicted molar refractivity (Wildman–Crippen MR) is 76.8 cm³/mol. The second-order valence-corrected chi connectivity index (χ2v) is 5.83. The van der Waals surface area contributed by atoms with E-state index in [1.807, 2.05) is 13.0 Å². The molecule has 2 atom stereocenters. The van der Waals surface area contributed by atoms with Gasteiger partial charge in [-0.25, -0.2) is 0 Å². The largest absolute Gasteiger partial charge is 0.465 e. The molecule has 0 aliphatic rings. The first-order chi connectivity index (χ1) is 8.40. The Labute approximate surface area is 112 Å². The van der Waals surface area contributed by atoms with Gasteiger partial charge in [-0.2, -0.15) is 0 Å². The summed E-state index contributed by atoms with van der Waals surface area (Å²) in [5.74, 6) is 2.72. The number of hydrogen-bond donors (Lipinski definition) is 1. The molecule has 0 aliphatic carbocycles. The Hall–Kier alpha value is -0.800. The molecule has 0 aliphatic heterocycles. The van der Waals surface area contributed by atoms with Crippen molar-refractivity contribution in [2.75, 3.05) is 20.6 Å². The molecule has 104 valence electrons. The standard InChI is InChI=1S/C15H28N2O/c1-11(2)9-14(17(5)6)10-16-13(4)15-8-7-12(3)18-15/h7-8,11,13-14,16H,9-10H2,1-6H3. The van der Waals surface area contributed by atoms with Crippen LogP contribution in [0.25, 0.3) is 0 Å². The summed E-state index contributed by atoms with van der Waals surface area (Å²) in [6.45, 7) is 9.68. The second-order valence-electron chi connectivity index (χ2n) is 5.83. The van der Waals surface area contributed by atoms with Gasteiger partial charge in [-0.3, -0.25) is 0 Å². The van der Waals surface area contributed by atoms with Gasteiger partial charge < -0.3 is 14.6 Å². The Morgan fingerprint density at radius 1 is 1.22 bits per heavy atom. The van der Waals surface area contributed by atoms with Crippen molar-refractivity contribution in [1.82, 2.24) is 10.2 Å². The Bertz CT molecular complexity index is 344. The number of likely N-dealkylation sites (N-methyl/N-ethyl adjacent to an activating group) is 1. The van der Waals surface area contributed by atoms with Crippen molar-refractivity contribution in [2.45, 2.75) is 46.2 Å². The maximum atomic E-state index is 5.64. The highest BCUT2D eigenvalue weighted by atomic mass is 16.3. The van der Waals surface area contributed by atoms with Gasteiger partial charge in [0.05, 0.1) is 6.04 Å². The Morgan fingerprint density at radius 3 is 2.33 bits per heavy atom. The summed E-state index contributed by atoms with van der Waals surface area (Å²) in [4.78, 5) is 2.30. The average Bonchev–Trinajstić information content (AvgIpc) is 2.69. The van der Waals surface area contributed by atoms with Crippen molar-refractivity contribution in [2.24, 2.45) is 5.92 Å². The van der Waals surface area contributed by atoms with Gasteiger partial charge in [0.25, 0.3) is 0 Å². The molecular formula is C15H28N2O. The summed E-state index contributed by atoms with van der Waals surface area (Å²) in [7, 11) is 4.30. The molecule has 0 amide bonds. The van der Waals surface area contributed by atoms with Gasteiger partial charge in [-0.05, 0) is 52.4 Å². The molecule has 0 bridgehead atoms. The van der Waals surface area contributed by atoms with Crippen molar-refractivity contribution in [3.63, 3.8) is 0 Å². The summed E-state index contributed by atoms with van der Waals surface area (Å²) in [6, 6.07) is 4.92. The summed E-state index contributed by atoms with van der Waals surface area (Å²) >= 11 is 0. The third kappa shape index (κ3) is 4.83. The molecule has 1 heterocycles. The molecule has 0 radical (unpaired) electrons. The zero-order chi connectivity index (χ0) is 13.7. The molecule has 1 rings (SSSR count). The molecule has 0 spiro atoms. The van der Waals surface area contributed by atoms with Gasteiger partial charge in [0, 0.05) is 12.6 Å². The highest BCUT2D eigenvalue weighted by Crippen LogP contribution is 2.16. The highest BCUT2D eigenvalue weighted by molar-refractivity contribution is 5.08. The van der Waals surface area contributed by atoms with E-state index in [9.17, 15) is 0 Å². The summed E-state index contributed by atoms with van der Waals surface area (Å²) in [6.07, 6.45) is 1.21. The highest BCUT2D eigenvalue weighted by Gasteiger charge is 2.16. The van der Waals surface area contributed by atoms with Gasteiger partial charge in [-0.1, -0.05) is 13.8 Å². The van der Waals surface area contributed by atoms with E-state index in [1.54, 1.807) is 0 Å². The number of hydrogen-bond acceptors (Lipinski definition) is 3. The quantitative estimate of drug-likeness (QED) is 0.807. The molecule has 2 unspecified atom stereocenters. The lowest BCUT2D eigenvalue weighted by Crippen LogP contribution is -2.39. The van der Waals surface area contributed by atoms with Crippen LogP contribution in [0.1, 0.15) is 44.8 Å². The number of rotatable bonds is 7. The van der Waals surface area contributed by atoms with Crippen molar-refractivity contribution in [1.29, 1.82) is 0 Å². The van der Waals surface area contributed by atoms with Gasteiger partial charge in [0.15, 0.2) is 0 Å². The van der Waals surface area contributed by atoms with Crippen molar-refractivity contribution in [3.8, 4) is 0 Å². The average molecular weight is 252 g/mol. The monoisotopic (exact) mass is 252 g/mol. The Kier molecular flexibility index (Phi) is 5.89. The number of aryl methyl sites for hydroxylation is 1. The van der Waals surface area contributed by atoms with Gasteiger partial charge in [0.1, 0.15) is 11.5 Å². The van der Waals surface area contributed by atoms with E-state index in [-0.39, 0.29) is 6.04 Å². The van der Waals surface area contributed by atoms with Crippen LogP contribution in [-0.4, -0.2) is 31.6 Å². The third-order valence-electron chi connectivity index (χ3n) is 3.32. The van der Waals surface area contributed by atoms with Gasteiger partial charge >= 0.3 is 0 Å². The van der Waals surface area contributed by atoms with E-state index in [4.69, 9.17) is 4.42 Å². The summed E-state index contributed by atoms with van der Waals surface area (Å²) in [5.41, 5.74) is 0. The fourth-order valence-electron chi connectivity index (χ4n) is 2.12.